The average molecular weight is 382 g/mol. The SMILES string of the molecule is Cc1cc(N2CCCC2)nc(-n2cnc(SCCOc3ccccc3)n2)n1. The lowest BCUT2D eigenvalue weighted by Crippen LogP contribution is -2.20. The molecule has 140 valence electrons. The Morgan fingerprint density at radius 2 is 1.93 bits per heavy atom. The van der Waals surface area contributed by atoms with E-state index in [-0.39, 0.29) is 0 Å². The Bertz CT molecular complexity index is 879. The Labute approximate surface area is 162 Å². The van der Waals surface area contributed by atoms with Crippen molar-refractivity contribution < 1.29 is 4.74 Å². The fourth-order valence-corrected chi connectivity index (χ4v) is 3.58. The Morgan fingerprint density at radius 3 is 2.74 bits per heavy atom. The molecule has 0 amide bonds. The molecule has 3 heterocycles. The molecule has 1 fully saturated rings. The van der Waals surface area contributed by atoms with E-state index < -0.39 is 0 Å². The maximum absolute atomic E-state index is 5.69. The first-order chi connectivity index (χ1) is 13.3. The maximum atomic E-state index is 5.69. The molecule has 0 atom stereocenters. The van der Waals surface area contributed by atoms with Crippen LogP contribution < -0.4 is 9.64 Å². The van der Waals surface area contributed by atoms with Crippen molar-refractivity contribution >= 4 is 17.6 Å². The van der Waals surface area contributed by atoms with Crippen molar-refractivity contribution in [1.29, 1.82) is 0 Å². The summed E-state index contributed by atoms with van der Waals surface area (Å²) < 4.78 is 7.34. The zero-order valence-corrected chi connectivity index (χ0v) is 16.1. The van der Waals surface area contributed by atoms with Gasteiger partial charge in [-0.05, 0) is 31.9 Å². The minimum absolute atomic E-state index is 0.566. The Kier molecular flexibility index (Phi) is 5.53. The standard InChI is InChI=1S/C19H22N6OS/c1-15-13-17(24-9-5-6-10-24)22-18(21-15)25-14-20-19(23-25)27-12-11-26-16-7-3-2-4-8-16/h2-4,7-8,13-14H,5-6,9-12H2,1H3. The normalized spacial score (nSPS) is 13.9. The van der Waals surface area contributed by atoms with E-state index in [1.807, 2.05) is 43.3 Å². The van der Waals surface area contributed by atoms with Crippen molar-refractivity contribution in [3.05, 3.63) is 48.4 Å². The van der Waals surface area contributed by atoms with Gasteiger partial charge in [-0.3, -0.25) is 0 Å². The van der Waals surface area contributed by atoms with Gasteiger partial charge in [0, 0.05) is 30.6 Å². The van der Waals surface area contributed by atoms with Crippen molar-refractivity contribution in [3.63, 3.8) is 0 Å². The molecule has 27 heavy (non-hydrogen) atoms. The first-order valence-electron chi connectivity index (χ1n) is 9.11. The van der Waals surface area contributed by atoms with Gasteiger partial charge in [-0.15, -0.1) is 5.10 Å². The fourth-order valence-electron chi connectivity index (χ4n) is 2.97. The lowest BCUT2D eigenvalue weighted by Gasteiger charge is -2.17. The number of para-hydroxylation sites is 1. The van der Waals surface area contributed by atoms with Crippen LogP contribution in [0.3, 0.4) is 0 Å². The zero-order valence-electron chi connectivity index (χ0n) is 15.3. The third-order valence-electron chi connectivity index (χ3n) is 4.26. The molecule has 0 aliphatic carbocycles. The van der Waals surface area contributed by atoms with Crippen LogP contribution in [0, 0.1) is 6.92 Å². The van der Waals surface area contributed by atoms with E-state index in [1.54, 1.807) is 22.8 Å². The number of aryl methyl sites for hydroxylation is 1. The van der Waals surface area contributed by atoms with E-state index in [1.165, 1.54) is 12.8 Å². The van der Waals surface area contributed by atoms with E-state index in [0.29, 0.717) is 17.7 Å². The molecular formula is C19H22N6OS. The van der Waals surface area contributed by atoms with Crippen LogP contribution in [0.1, 0.15) is 18.5 Å². The smallest absolute Gasteiger partial charge is 0.254 e. The van der Waals surface area contributed by atoms with E-state index >= 15 is 0 Å². The van der Waals surface area contributed by atoms with Crippen LogP contribution in [0.5, 0.6) is 5.75 Å². The van der Waals surface area contributed by atoms with Crippen LogP contribution in [0.2, 0.25) is 0 Å². The van der Waals surface area contributed by atoms with Gasteiger partial charge >= 0.3 is 0 Å². The number of anilines is 1. The quantitative estimate of drug-likeness (QED) is 0.459. The molecule has 3 aromatic rings. The zero-order chi connectivity index (χ0) is 18.5. The molecule has 0 radical (unpaired) electrons. The summed E-state index contributed by atoms with van der Waals surface area (Å²) in [6.07, 6.45) is 4.10. The molecule has 0 spiro atoms. The highest BCUT2D eigenvalue weighted by Gasteiger charge is 2.16. The first-order valence-corrected chi connectivity index (χ1v) is 10.1. The van der Waals surface area contributed by atoms with Crippen LogP contribution >= 0.6 is 11.8 Å². The van der Waals surface area contributed by atoms with Crippen molar-refractivity contribution in [2.75, 3.05) is 30.3 Å². The molecule has 7 nitrogen and oxygen atoms in total. The van der Waals surface area contributed by atoms with Gasteiger partial charge in [-0.1, -0.05) is 30.0 Å². The molecule has 1 aromatic carbocycles. The number of thioether (sulfide) groups is 1. The highest BCUT2D eigenvalue weighted by Crippen LogP contribution is 2.20. The van der Waals surface area contributed by atoms with E-state index in [0.717, 1.165) is 36.1 Å². The topological polar surface area (TPSA) is 69.0 Å². The van der Waals surface area contributed by atoms with Crippen LogP contribution in [0.15, 0.2) is 47.9 Å². The van der Waals surface area contributed by atoms with Crippen LogP contribution in [0.4, 0.5) is 5.82 Å². The summed E-state index contributed by atoms with van der Waals surface area (Å²) >= 11 is 1.55. The number of ether oxygens (including phenoxy) is 1. The number of aromatic nitrogens is 5. The van der Waals surface area contributed by atoms with Crippen LogP contribution in [-0.2, 0) is 0 Å². The summed E-state index contributed by atoms with van der Waals surface area (Å²) in [5.74, 6) is 3.18. The Hall–Kier alpha value is -2.61. The number of benzene rings is 1. The molecule has 4 rings (SSSR count). The minimum Gasteiger partial charge on any atom is -0.493 e. The van der Waals surface area contributed by atoms with Crippen LogP contribution in [0.25, 0.3) is 5.95 Å². The van der Waals surface area contributed by atoms with Gasteiger partial charge in [0.2, 0.25) is 5.16 Å². The molecular weight excluding hydrogens is 360 g/mol. The van der Waals surface area contributed by atoms with Gasteiger partial charge < -0.3 is 9.64 Å². The predicted octanol–water partition coefficient (Wildman–Crippen LogP) is 3.14. The molecule has 0 unspecified atom stereocenters. The first kappa shape index (κ1) is 17.8. The van der Waals surface area contributed by atoms with Crippen molar-refractivity contribution in [2.24, 2.45) is 0 Å². The molecule has 2 aromatic heterocycles. The predicted molar refractivity (Wildman–Crippen MR) is 106 cm³/mol. The molecule has 1 aliphatic heterocycles. The van der Waals surface area contributed by atoms with Crippen molar-refractivity contribution in [1.82, 2.24) is 24.7 Å². The Balaban J connectivity index is 1.37. The van der Waals surface area contributed by atoms with Gasteiger partial charge in [0.05, 0.1) is 6.61 Å². The summed E-state index contributed by atoms with van der Waals surface area (Å²) in [6, 6.07) is 11.8. The molecule has 8 heteroatoms. The van der Waals surface area contributed by atoms with Gasteiger partial charge in [0.25, 0.3) is 5.95 Å². The van der Waals surface area contributed by atoms with Crippen molar-refractivity contribution in [2.45, 2.75) is 24.9 Å². The minimum atomic E-state index is 0.566. The fraction of sp³-hybridized carbons (Fsp3) is 0.368. The lowest BCUT2D eigenvalue weighted by molar-refractivity contribution is 0.344. The summed E-state index contributed by atoms with van der Waals surface area (Å²) in [7, 11) is 0. The van der Waals surface area contributed by atoms with Gasteiger partial charge in [0.15, 0.2) is 0 Å². The van der Waals surface area contributed by atoms with Crippen molar-refractivity contribution in [3.8, 4) is 11.7 Å². The summed E-state index contributed by atoms with van der Waals surface area (Å²) in [5.41, 5.74) is 0.933. The van der Waals surface area contributed by atoms with Gasteiger partial charge in [-0.25, -0.2) is 9.97 Å². The second-order valence-corrected chi connectivity index (χ2v) is 7.41. The average Bonchev–Trinajstić information content (AvgIpc) is 3.38. The number of nitrogens with zero attached hydrogens (tertiary/aromatic N) is 6. The maximum Gasteiger partial charge on any atom is 0.254 e. The monoisotopic (exact) mass is 382 g/mol. The lowest BCUT2D eigenvalue weighted by atomic mass is 10.3. The Morgan fingerprint density at radius 1 is 1.11 bits per heavy atom. The molecule has 0 saturated carbocycles. The third kappa shape index (κ3) is 4.57. The van der Waals surface area contributed by atoms with E-state index in [2.05, 4.69) is 25.0 Å². The number of rotatable bonds is 7. The largest absolute Gasteiger partial charge is 0.493 e. The second kappa shape index (κ2) is 8.39. The summed E-state index contributed by atoms with van der Waals surface area (Å²) in [4.78, 5) is 15.8. The molecule has 1 saturated heterocycles. The summed E-state index contributed by atoms with van der Waals surface area (Å²) in [6.45, 7) is 4.69. The van der Waals surface area contributed by atoms with Gasteiger partial charge in [0.1, 0.15) is 17.9 Å². The highest BCUT2D eigenvalue weighted by molar-refractivity contribution is 7.99. The number of hydrogen-bond acceptors (Lipinski definition) is 7. The summed E-state index contributed by atoms with van der Waals surface area (Å²) in [5, 5.41) is 5.20. The van der Waals surface area contributed by atoms with Gasteiger partial charge in [-0.2, -0.15) is 9.67 Å². The number of hydrogen-bond donors (Lipinski definition) is 0. The third-order valence-corrected chi connectivity index (χ3v) is 5.08. The van der Waals surface area contributed by atoms with E-state index in [9.17, 15) is 0 Å². The van der Waals surface area contributed by atoms with Crippen LogP contribution in [-0.4, -0.2) is 50.2 Å². The molecule has 0 bridgehead atoms. The second-order valence-electron chi connectivity index (χ2n) is 6.34. The van der Waals surface area contributed by atoms with E-state index in [4.69, 9.17) is 4.74 Å². The molecule has 1 aliphatic rings. The highest BCUT2D eigenvalue weighted by atomic mass is 32.2. The molecule has 0 N–H and O–H groups in total.